The molecule has 23 heavy (non-hydrogen) atoms. The number of H-pyrrole nitrogens is 1. The number of amides is 1. The van der Waals surface area contributed by atoms with Crippen molar-refractivity contribution < 1.29 is 24.5 Å². The molecule has 1 amide bonds. The van der Waals surface area contributed by atoms with E-state index in [1.54, 1.807) is 25.3 Å². The van der Waals surface area contributed by atoms with Crippen molar-refractivity contribution in [2.24, 2.45) is 0 Å². The molecule has 0 radical (unpaired) electrons. The third-order valence-electron chi connectivity index (χ3n) is 3.01. The van der Waals surface area contributed by atoms with Crippen LogP contribution < -0.4 is 14.8 Å². The van der Waals surface area contributed by atoms with Gasteiger partial charge in [0.05, 0.1) is 25.5 Å². The van der Waals surface area contributed by atoms with E-state index in [2.05, 4.69) is 15.5 Å². The summed E-state index contributed by atoms with van der Waals surface area (Å²) < 4.78 is 10.7. The summed E-state index contributed by atoms with van der Waals surface area (Å²) in [6, 6.07) is 8.72. The van der Waals surface area contributed by atoms with Gasteiger partial charge in [0, 0.05) is 12.6 Å². The minimum Gasteiger partial charge on any atom is -0.497 e. The predicted octanol–water partition coefficient (Wildman–Crippen LogP) is 0.0803. The molecule has 0 bridgehead atoms. The van der Waals surface area contributed by atoms with Crippen LogP contribution in [-0.2, 0) is 6.61 Å². The fourth-order valence-corrected chi connectivity index (χ4v) is 1.77. The SMILES string of the molecule is COc1cccc(OCc2cc(C(=O)NC[C@@H](O)CO)n[nH]2)c1. The number of aliphatic hydroxyl groups excluding tert-OH is 2. The Morgan fingerprint density at radius 3 is 2.91 bits per heavy atom. The topological polar surface area (TPSA) is 117 Å². The molecule has 1 aromatic carbocycles. The van der Waals surface area contributed by atoms with Crippen molar-refractivity contribution in [3.8, 4) is 11.5 Å². The number of carbonyl (C=O) groups is 1. The summed E-state index contributed by atoms with van der Waals surface area (Å²) in [4.78, 5) is 11.8. The standard InChI is InChI=1S/C15H19N3O5/c1-22-12-3-2-4-13(6-12)23-9-10-5-14(18-17-10)15(21)16-7-11(20)8-19/h2-6,11,19-20H,7-9H2,1H3,(H,16,21)(H,17,18)/t11-/m1/s1. The van der Waals surface area contributed by atoms with E-state index in [9.17, 15) is 9.90 Å². The summed E-state index contributed by atoms with van der Waals surface area (Å²) in [5, 5.41) is 26.9. The van der Waals surface area contributed by atoms with Crippen molar-refractivity contribution in [1.82, 2.24) is 15.5 Å². The average molecular weight is 321 g/mol. The van der Waals surface area contributed by atoms with Crippen LogP contribution >= 0.6 is 0 Å². The third-order valence-corrected chi connectivity index (χ3v) is 3.01. The number of hydrogen-bond donors (Lipinski definition) is 4. The van der Waals surface area contributed by atoms with E-state index in [1.807, 2.05) is 12.1 Å². The highest BCUT2D eigenvalue weighted by molar-refractivity contribution is 5.92. The lowest BCUT2D eigenvalue weighted by molar-refractivity contribution is 0.0798. The van der Waals surface area contributed by atoms with E-state index in [1.165, 1.54) is 0 Å². The summed E-state index contributed by atoms with van der Waals surface area (Å²) in [6.07, 6.45) is -0.992. The Labute approximate surface area is 133 Å². The summed E-state index contributed by atoms with van der Waals surface area (Å²) in [5.74, 6) is 0.881. The monoisotopic (exact) mass is 321 g/mol. The molecule has 2 aromatic rings. The van der Waals surface area contributed by atoms with Crippen LogP contribution in [-0.4, -0.2) is 52.7 Å². The molecule has 0 aliphatic carbocycles. The average Bonchev–Trinajstić information content (AvgIpc) is 3.06. The number of benzene rings is 1. The molecule has 4 N–H and O–H groups in total. The Bertz CT molecular complexity index is 644. The third kappa shape index (κ3) is 4.97. The minimum absolute atomic E-state index is 0.0438. The number of methoxy groups -OCH3 is 1. The van der Waals surface area contributed by atoms with Crippen LogP contribution in [0.15, 0.2) is 30.3 Å². The molecule has 0 unspecified atom stereocenters. The number of rotatable bonds is 8. The van der Waals surface area contributed by atoms with Gasteiger partial charge >= 0.3 is 0 Å². The number of aromatic amines is 1. The number of ether oxygens (including phenoxy) is 2. The van der Waals surface area contributed by atoms with Crippen LogP contribution in [0.1, 0.15) is 16.2 Å². The molecule has 0 fully saturated rings. The molecule has 2 rings (SSSR count). The van der Waals surface area contributed by atoms with E-state index >= 15 is 0 Å². The number of hydrogen-bond acceptors (Lipinski definition) is 6. The molecular weight excluding hydrogens is 302 g/mol. The Morgan fingerprint density at radius 1 is 1.39 bits per heavy atom. The molecule has 8 heteroatoms. The summed E-state index contributed by atoms with van der Waals surface area (Å²) >= 11 is 0. The van der Waals surface area contributed by atoms with E-state index in [4.69, 9.17) is 14.6 Å². The smallest absolute Gasteiger partial charge is 0.271 e. The molecule has 0 saturated carbocycles. The fourth-order valence-electron chi connectivity index (χ4n) is 1.77. The molecule has 124 valence electrons. The molecule has 0 spiro atoms. The van der Waals surface area contributed by atoms with Gasteiger partial charge in [-0.15, -0.1) is 0 Å². The highest BCUT2D eigenvalue weighted by Gasteiger charge is 2.12. The number of nitrogens with zero attached hydrogens (tertiary/aromatic N) is 1. The van der Waals surface area contributed by atoms with E-state index < -0.39 is 18.6 Å². The first-order valence-corrected chi connectivity index (χ1v) is 7.00. The van der Waals surface area contributed by atoms with E-state index in [0.29, 0.717) is 17.2 Å². The van der Waals surface area contributed by atoms with Crippen LogP contribution in [0.2, 0.25) is 0 Å². The van der Waals surface area contributed by atoms with Gasteiger partial charge < -0.3 is 25.0 Å². The van der Waals surface area contributed by atoms with E-state index in [0.717, 1.165) is 0 Å². The summed E-state index contributed by atoms with van der Waals surface area (Å²) in [5.41, 5.74) is 0.806. The maximum absolute atomic E-state index is 11.8. The van der Waals surface area contributed by atoms with Crippen molar-refractivity contribution in [3.63, 3.8) is 0 Å². The maximum Gasteiger partial charge on any atom is 0.271 e. The van der Waals surface area contributed by atoms with Crippen LogP contribution in [0.5, 0.6) is 11.5 Å². The second kappa shape index (κ2) is 8.16. The molecule has 1 aromatic heterocycles. The van der Waals surface area contributed by atoms with Gasteiger partial charge in [0.2, 0.25) is 0 Å². The van der Waals surface area contributed by atoms with Crippen molar-refractivity contribution in [2.75, 3.05) is 20.3 Å². The molecule has 0 aliphatic heterocycles. The molecule has 8 nitrogen and oxygen atoms in total. The Kier molecular flexibility index (Phi) is 5.95. The quantitative estimate of drug-likeness (QED) is 0.547. The zero-order chi connectivity index (χ0) is 16.7. The molecule has 1 heterocycles. The summed E-state index contributed by atoms with van der Waals surface area (Å²) in [6.45, 7) is -0.245. The molecular formula is C15H19N3O5. The summed E-state index contributed by atoms with van der Waals surface area (Å²) in [7, 11) is 1.58. The predicted molar refractivity (Wildman–Crippen MR) is 81.3 cm³/mol. The zero-order valence-corrected chi connectivity index (χ0v) is 12.7. The van der Waals surface area contributed by atoms with Gasteiger partial charge in [0.1, 0.15) is 23.8 Å². The second-order valence-electron chi connectivity index (χ2n) is 4.79. The first-order valence-electron chi connectivity index (χ1n) is 7.00. The number of aromatic nitrogens is 2. The highest BCUT2D eigenvalue weighted by atomic mass is 16.5. The van der Waals surface area contributed by atoms with Crippen LogP contribution in [0.25, 0.3) is 0 Å². The minimum atomic E-state index is -0.992. The lowest BCUT2D eigenvalue weighted by atomic mass is 10.3. The number of carbonyl (C=O) groups excluding carboxylic acids is 1. The Hall–Kier alpha value is -2.58. The lowest BCUT2D eigenvalue weighted by Crippen LogP contribution is -2.34. The lowest BCUT2D eigenvalue weighted by Gasteiger charge is -2.07. The Morgan fingerprint density at radius 2 is 2.17 bits per heavy atom. The highest BCUT2D eigenvalue weighted by Crippen LogP contribution is 2.19. The first kappa shape index (κ1) is 16.8. The van der Waals surface area contributed by atoms with E-state index in [-0.39, 0.29) is 18.8 Å². The van der Waals surface area contributed by atoms with Crippen molar-refractivity contribution in [2.45, 2.75) is 12.7 Å². The van der Waals surface area contributed by atoms with Gasteiger partial charge in [-0.2, -0.15) is 5.10 Å². The Balaban J connectivity index is 1.87. The first-order chi connectivity index (χ1) is 11.1. The molecule has 0 aliphatic rings. The van der Waals surface area contributed by atoms with Gasteiger partial charge in [-0.05, 0) is 18.2 Å². The number of aliphatic hydroxyl groups is 2. The van der Waals surface area contributed by atoms with Crippen molar-refractivity contribution in [1.29, 1.82) is 0 Å². The van der Waals surface area contributed by atoms with Crippen molar-refractivity contribution in [3.05, 3.63) is 41.7 Å². The van der Waals surface area contributed by atoms with Gasteiger partial charge in [-0.25, -0.2) is 0 Å². The van der Waals surface area contributed by atoms with Gasteiger partial charge in [-0.3, -0.25) is 9.89 Å². The normalized spacial score (nSPS) is 11.8. The van der Waals surface area contributed by atoms with Gasteiger partial charge in [0.15, 0.2) is 0 Å². The molecule has 1 atom stereocenters. The van der Waals surface area contributed by atoms with Crippen LogP contribution in [0, 0.1) is 0 Å². The van der Waals surface area contributed by atoms with Crippen LogP contribution in [0.3, 0.4) is 0 Å². The van der Waals surface area contributed by atoms with Crippen LogP contribution in [0.4, 0.5) is 0 Å². The zero-order valence-electron chi connectivity index (χ0n) is 12.7. The molecule has 0 saturated heterocycles. The van der Waals surface area contributed by atoms with Crippen molar-refractivity contribution >= 4 is 5.91 Å². The second-order valence-corrected chi connectivity index (χ2v) is 4.79. The number of nitrogens with one attached hydrogen (secondary N) is 2. The maximum atomic E-state index is 11.8. The van der Waals surface area contributed by atoms with Gasteiger partial charge in [-0.1, -0.05) is 6.07 Å². The van der Waals surface area contributed by atoms with Gasteiger partial charge in [0.25, 0.3) is 5.91 Å². The fraction of sp³-hybridized carbons (Fsp3) is 0.333. The largest absolute Gasteiger partial charge is 0.497 e.